The van der Waals surface area contributed by atoms with Crippen molar-refractivity contribution in [3.05, 3.63) is 65.9 Å². The Hall–Kier alpha value is -3.08. The Kier molecular flexibility index (Phi) is 4.67. The first-order valence-electron chi connectivity index (χ1n) is 9.24. The molecular weight excluding hydrogens is 338 g/mol. The lowest BCUT2D eigenvalue weighted by Crippen LogP contribution is -2.34. The van der Waals surface area contributed by atoms with Crippen LogP contribution in [0.25, 0.3) is 10.9 Å². The van der Waals surface area contributed by atoms with Gasteiger partial charge in [0.15, 0.2) is 0 Å². The second-order valence-corrected chi connectivity index (χ2v) is 7.04. The van der Waals surface area contributed by atoms with Gasteiger partial charge in [0, 0.05) is 30.2 Å². The number of carbonyl (C=O) groups is 1. The smallest absolute Gasteiger partial charge is 0.321 e. The third-order valence-corrected chi connectivity index (χ3v) is 5.08. The van der Waals surface area contributed by atoms with Crippen LogP contribution in [0.5, 0.6) is 5.75 Å². The van der Waals surface area contributed by atoms with Gasteiger partial charge in [-0.1, -0.05) is 24.3 Å². The zero-order valence-corrected chi connectivity index (χ0v) is 15.6. The molecule has 1 saturated heterocycles. The van der Waals surface area contributed by atoms with Crippen molar-refractivity contribution in [1.82, 2.24) is 9.88 Å². The van der Waals surface area contributed by atoms with Crippen LogP contribution in [0.2, 0.25) is 0 Å². The SMILES string of the molecule is Cc1ccc(NC(=O)N2CCC(Oc3cccc4cccnc34)C2)cc1C. The van der Waals surface area contributed by atoms with Crippen LogP contribution in [0.1, 0.15) is 17.5 Å². The average Bonchev–Trinajstić information content (AvgIpc) is 3.14. The highest BCUT2D eigenvalue weighted by Gasteiger charge is 2.28. The Morgan fingerprint density at radius 2 is 2.00 bits per heavy atom. The monoisotopic (exact) mass is 361 g/mol. The Balaban J connectivity index is 1.40. The molecule has 1 atom stereocenters. The zero-order chi connectivity index (χ0) is 18.8. The van der Waals surface area contributed by atoms with E-state index in [2.05, 4.69) is 17.2 Å². The van der Waals surface area contributed by atoms with Gasteiger partial charge in [-0.2, -0.15) is 0 Å². The molecule has 2 heterocycles. The van der Waals surface area contributed by atoms with Crippen LogP contribution < -0.4 is 10.1 Å². The number of hydrogen-bond acceptors (Lipinski definition) is 3. The average molecular weight is 361 g/mol. The number of para-hydroxylation sites is 1. The molecule has 1 aliphatic heterocycles. The highest BCUT2D eigenvalue weighted by Crippen LogP contribution is 2.26. The van der Waals surface area contributed by atoms with Gasteiger partial charge in [-0.25, -0.2) is 4.79 Å². The number of hydrogen-bond donors (Lipinski definition) is 1. The molecule has 0 spiro atoms. The van der Waals surface area contributed by atoms with Crippen LogP contribution in [0.4, 0.5) is 10.5 Å². The highest BCUT2D eigenvalue weighted by atomic mass is 16.5. The van der Waals surface area contributed by atoms with Gasteiger partial charge in [0.1, 0.15) is 17.4 Å². The summed E-state index contributed by atoms with van der Waals surface area (Å²) in [6, 6.07) is 15.7. The second kappa shape index (κ2) is 7.27. The normalized spacial score (nSPS) is 16.5. The molecule has 138 valence electrons. The quantitative estimate of drug-likeness (QED) is 0.745. The largest absolute Gasteiger partial charge is 0.486 e. The lowest BCUT2D eigenvalue weighted by Gasteiger charge is -2.18. The maximum atomic E-state index is 12.6. The minimum absolute atomic E-state index is 0.0249. The molecule has 1 unspecified atom stereocenters. The Morgan fingerprint density at radius 3 is 2.85 bits per heavy atom. The van der Waals surface area contributed by atoms with Gasteiger partial charge < -0.3 is 15.0 Å². The summed E-state index contributed by atoms with van der Waals surface area (Å²) in [6.45, 7) is 5.36. The summed E-state index contributed by atoms with van der Waals surface area (Å²) >= 11 is 0. The summed E-state index contributed by atoms with van der Waals surface area (Å²) in [5.74, 6) is 0.773. The van der Waals surface area contributed by atoms with Crippen molar-refractivity contribution >= 4 is 22.6 Å². The number of benzene rings is 2. The lowest BCUT2D eigenvalue weighted by molar-refractivity contribution is 0.196. The molecule has 5 nitrogen and oxygen atoms in total. The summed E-state index contributed by atoms with van der Waals surface area (Å²) in [5.41, 5.74) is 4.06. The minimum Gasteiger partial charge on any atom is -0.486 e. The summed E-state index contributed by atoms with van der Waals surface area (Å²) in [4.78, 5) is 18.8. The molecule has 3 aromatic rings. The second-order valence-electron chi connectivity index (χ2n) is 7.04. The fourth-order valence-corrected chi connectivity index (χ4v) is 3.38. The fraction of sp³-hybridized carbons (Fsp3) is 0.273. The van der Waals surface area contributed by atoms with E-state index < -0.39 is 0 Å². The van der Waals surface area contributed by atoms with E-state index in [-0.39, 0.29) is 12.1 Å². The third-order valence-electron chi connectivity index (χ3n) is 5.08. The van der Waals surface area contributed by atoms with Gasteiger partial charge in [0.2, 0.25) is 0 Å². The molecule has 2 amide bonds. The number of rotatable bonds is 3. The summed E-state index contributed by atoms with van der Waals surface area (Å²) < 4.78 is 6.17. The summed E-state index contributed by atoms with van der Waals surface area (Å²) in [7, 11) is 0. The molecule has 0 radical (unpaired) electrons. The van der Waals surface area contributed by atoms with Crippen LogP contribution in [-0.4, -0.2) is 35.1 Å². The molecule has 27 heavy (non-hydrogen) atoms. The van der Waals surface area contributed by atoms with E-state index in [0.717, 1.165) is 28.8 Å². The number of likely N-dealkylation sites (tertiary alicyclic amines) is 1. The van der Waals surface area contributed by atoms with Crippen LogP contribution in [0, 0.1) is 13.8 Å². The van der Waals surface area contributed by atoms with Gasteiger partial charge in [-0.15, -0.1) is 0 Å². The molecule has 2 aromatic carbocycles. The van der Waals surface area contributed by atoms with Crippen LogP contribution >= 0.6 is 0 Å². The molecule has 0 aliphatic carbocycles. The van der Waals surface area contributed by atoms with Gasteiger partial charge in [-0.05, 0) is 49.2 Å². The lowest BCUT2D eigenvalue weighted by atomic mass is 10.1. The number of amides is 2. The zero-order valence-electron chi connectivity index (χ0n) is 15.6. The summed E-state index contributed by atoms with van der Waals surface area (Å²) in [6.07, 6.45) is 2.56. The van der Waals surface area contributed by atoms with Gasteiger partial charge >= 0.3 is 6.03 Å². The number of carbonyl (C=O) groups excluding carboxylic acids is 1. The molecular formula is C22H23N3O2. The Labute approximate surface area is 159 Å². The van der Waals surface area contributed by atoms with Crippen LogP contribution in [0.3, 0.4) is 0 Å². The van der Waals surface area contributed by atoms with Crippen molar-refractivity contribution in [3.8, 4) is 5.75 Å². The number of nitrogens with zero attached hydrogens (tertiary/aromatic N) is 2. The van der Waals surface area contributed by atoms with E-state index in [1.807, 2.05) is 55.5 Å². The van der Waals surface area contributed by atoms with Crippen molar-refractivity contribution in [2.24, 2.45) is 0 Å². The third kappa shape index (κ3) is 3.72. The van der Waals surface area contributed by atoms with Gasteiger partial charge in [-0.3, -0.25) is 4.98 Å². The maximum absolute atomic E-state index is 12.6. The number of nitrogens with one attached hydrogen (secondary N) is 1. The molecule has 1 fully saturated rings. The van der Waals surface area contributed by atoms with E-state index >= 15 is 0 Å². The molecule has 5 heteroatoms. The Bertz CT molecular complexity index is 981. The van der Waals surface area contributed by atoms with E-state index in [1.54, 1.807) is 11.1 Å². The van der Waals surface area contributed by atoms with E-state index in [1.165, 1.54) is 11.1 Å². The molecule has 0 bridgehead atoms. The molecule has 1 aliphatic rings. The Morgan fingerprint density at radius 1 is 1.15 bits per heavy atom. The van der Waals surface area contributed by atoms with E-state index in [9.17, 15) is 4.79 Å². The van der Waals surface area contributed by atoms with E-state index in [0.29, 0.717) is 13.1 Å². The number of ether oxygens (including phenoxy) is 1. The number of aryl methyl sites for hydroxylation is 2. The number of pyridine rings is 1. The van der Waals surface area contributed by atoms with E-state index in [4.69, 9.17) is 4.74 Å². The van der Waals surface area contributed by atoms with Crippen molar-refractivity contribution in [2.75, 3.05) is 18.4 Å². The van der Waals surface area contributed by atoms with Crippen molar-refractivity contribution in [1.29, 1.82) is 0 Å². The molecule has 4 rings (SSSR count). The van der Waals surface area contributed by atoms with Crippen LogP contribution in [0.15, 0.2) is 54.7 Å². The summed E-state index contributed by atoms with van der Waals surface area (Å²) in [5, 5.41) is 4.04. The predicted molar refractivity (Wildman–Crippen MR) is 107 cm³/mol. The minimum atomic E-state index is -0.0830. The van der Waals surface area contributed by atoms with Gasteiger partial charge in [0.25, 0.3) is 0 Å². The number of fused-ring (bicyclic) bond motifs is 1. The predicted octanol–water partition coefficient (Wildman–Crippen LogP) is 4.54. The topological polar surface area (TPSA) is 54.5 Å². The van der Waals surface area contributed by atoms with Crippen molar-refractivity contribution in [3.63, 3.8) is 0 Å². The molecule has 0 saturated carbocycles. The van der Waals surface area contributed by atoms with Crippen molar-refractivity contribution < 1.29 is 9.53 Å². The fourth-order valence-electron chi connectivity index (χ4n) is 3.38. The van der Waals surface area contributed by atoms with Gasteiger partial charge in [0.05, 0.1) is 6.54 Å². The molecule has 1 N–H and O–H groups in total. The van der Waals surface area contributed by atoms with Crippen molar-refractivity contribution in [2.45, 2.75) is 26.4 Å². The number of anilines is 1. The highest BCUT2D eigenvalue weighted by molar-refractivity contribution is 5.89. The number of aromatic nitrogens is 1. The van der Waals surface area contributed by atoms with Crippen LogP contribution in [-0.2, 0) is 0 Å². The first kappa shape index (κ1) is 17.3. The maximum Gasteiger partial charge on any atom is 0.321 e. The first-order chi connectivity index (χ1) is 13.1. The standard InChI is InChI=1S/C22H23N3O2/c1-15-8-9-18(13-16(15)2)24-22(26)25-12-10-19(14-25)27-20-7-3-5-17-6-4-11-23-21(17)20/h3-9,11,13,19H,10,12,14H2,1-2H3,(H,24,26). The number of urea groups is 1. The molecule has 1 aromatic heterocycles. The first-order valence-corrected chi connectivity index (χ1v) is 9.24.